The number of aromatic amines is 1. The minimum Gasteiger partial charge on any atom is -0.497 e. The molecule has 2 aromatic carbocycles. The second-order valence-corrected chi connectivity index (χ2v) is 6.09. The van der Waals surface area contributed by atoms with Gasteiger partial charge in [-0.2, -0.15) is 0 Å². The number of ether oxygens (including phenoxy) is 1. The molecule has 0 atom stereocenters. The number of nitrogens with one attached hydrogen (secondary N) is 2. The number of fused-ring (bicyclic) bond motifs is 1. The maximum absolute atomic E-state index is 12.4. The van der Waals surface area contributed by atoms with Gasteiger partial charge in [0, 0.05) is 17.4 Å². The number of aromatic nitrogens is 1. The molecule has 1 aromatic heterocycles. The summed E-state index contributed by atoms with van der Waals surface area (Å²) < 4.78 is 5.13. The van der Waals surface area contributed by atoms with E-state index in [-0.39, 0.29) is 5.91 Å². The Labute approximate surface area is 145 Å². The number of rotatable bonds is 5. The summed E-state index contributed by atoms with van der Waals surface area (Å²) in [6, 6.07) is 13.7. The first-order valence-corrected chi connectivity index (χ1v) is 8.15. The lowest BCUT2D eigenvalue weighted by Gasteiger charge is -2.05. The maximum Gasteiger partial charge on any atom is 0.269 e. The van der Waals surface area contributed by atoms with Gasteiger partial charge in [-0.15, -0.1) is 0 Å². The first kappa shape index (κ1) is 16.4. The van der Waals surface area contributed by atoms with Crippen LogP contribution in [0.2, 0.25) is 5.02 Å². The summed E-state index contributed by atoms with van der Waals surface area (Å²) >= 11 is 6.35. The molecule has 0 unspecified atom stereocenters. The molecule has 2 N–H and O–H groups in total. The van der Waals surface area contributed by atoms with Crippen molar-refractivity contribution in [1.29, 1.82) is 0 Å². The van der Waals surface area contributed by atoms with Crippen molar-refractivity contribution in [2.24, 2.45) is 0 Å². The lowest BCUT2D eigenvalue weighted by Crippen LogP contribution is -2.26. The van der Waals surface area contributed by atoms with Gasteiger partial charge in [0.05, 0.1) is 12.1 Å². The van der Waals surface area contributed by atoms with E-state index < -0.39 is 0 Å². The molecule has 1 heterocycles. The van der Waals surface area contributed by atoms with Crippen LogP contribution in [-0.2, 0) is 6.42 Å². The zero-order valence-electron chi connectivity index (χ0n) is 13.7. The highest BCUT2D eigenvalue weighted by molar-refractivity contribution is 6.38. The largest absolute Gasteiger partial charge is 0.497 e. The maximum atomic E-state index is 12.4. The van der Waals surface area contributed by atoms with Crippen LogP contribution in [0.15, 0.2) is 42.5 Å². The highest BCUT2D eigenvalue weighted by atomic mass is 35.5. The molecular formula is C19H19ClN2O2. The molecule has 4 nitrogen and oxygen atoms in total. The Morgan fingerprint density at radius 2 is 1.96 bits per heavy atom. The van der Waals surface area contributed by atoms with E-state index in [9.17, 15) is 4.79 Å². The fraction of sp³-hybridized carbons (Fsp3) is 0.211. The Balaban J connectivity index is 1.65. The molecular weight excluding hydrogens is 324 g/mol. The average molecular weight is 343 g/mol. The average Bonchev–Trinajstić information content (AvgIpc) is 2.92. The van der Waals surface area contributed by atoms with E-state index in [2.05, 4.69) is 10.3 Å². The summed E-state index contributed by atoms with van der Waals surface area (Å²) in [7, 11) is 1.64. The van der Waals surface area contributed by atoms with Gasteiger partial charge in [0.2, 0.25) is 0 Å². The summed E-state index contributed by atoms with van der Waals surface area (Å²) in [6.07, 6.45) is 0.743. The molecule has 0 saturated heterocycles. The molecule has 3 rings (SSSR count). The molecule has 1 amide bonds. The lowest BCUT2D eigenvalue weighted by molar-refractivity contribution is 0.0950. The number of amides is 1. The number of carbonyl (C=O) groups excluding carboxylic acids is 1. The van der Waals surface area contributed by atoms with E-state index in [1.807, 2.05) is 49.4 Å². The summed E-state index contributed by atoms with van der Waals surface area (Å²) in [4.78, 5) is 15.5. The van der Waals surface area contributed by atoms with Crippen LogP contribution in [0, 0.1) is 6.92 Å². The number of carbonyl (C=O) groups is 1. The van der Waals surface area contributed by atoms with Gasteiger partial charge in [0.1, 0.15) is 11.4 Å². The van der Waals surface area contributed by atoms with Gasteiger partial charge in [0.15, 0.2) is 0 Å². The third-order valence-corrected chi connectivity index (χ3v) is 4.37. The summed E-state index contributed by atoms with van der Waals surface area (Å²) in [5.41, 5.74) is 3.52. The van der Waals surface area contributed by atoms with Crippen molar-refractivity contribution in [3.05, 3.63) is 64.3 Å². The molecule has 5 heteroatoms. The van der Waals surface area contributed by atoms with Crippen molar-refractivity contribution >= 4 is 28.4 Å². The van der Waals surface area contributed by atoms with Crippen molar-refractivity contribution in [3.63, 3.8) is 0 Å². The number of hydrogen-bond donors (Lipinski definition) is 2. The number of methoxy groups -OCH3 is 1. The molecule has 124 valence electrons. The van der Waals surface area contributed by atoms with E-state index in [0.717, 1.165) is 34.2 Å². The number of H-pyrrole nitrogens is 1. The molecule has 3 aromatic rings. The quantitative estimate of drug-likeness (QED) is 0.733. The van der Waals surface area contributed by atoms with Gasteiger partial charge in [-0.25, -0.2) is 0 Å². The van der Waals surface area contributed by atoms with Crippen LogP contribution < -0.4 is 10.1 Å². The summed E-state index contributed by atoms with van der Waals surface area (Å²) in [5, 5.41) is 4.25. The van der Waals surface area contributed by atoms with Gasteiger partial charge in [0.25, 0.3) is 5.91 Å². The third-order valence-electron chi connectivity index (χ3n) is 3.98. The van der Waals surface area contributed by atoms with E-state index >= 15 is 0 Å². The Morgan fingerprint density at radius 3 is 2.67 bits per heavy atom. The Kier molecular flexibility index (Phi) is 4.76. The molecule has 0 radical (unpaired) electrons. The van der Waals surface area contributed by atoms with Crippen LogP contribution in [0.5, 0.6) is 5.75 Å². The van der Waals surface area contributed by atoms with Gasteiger partial charge in [-0.05, 0) is 43.2 Å². The topological polar surface area (TPSA) is 54.1 Å². The zero-order chi connectivity index (χ0) is 17.1. The van der Waals surface area contributed by atoms with Crippen LogP contribution in [0.3, 0.4) is 0 Å². The minimum atomic E-state index is -0.192. The van der Waals surface area contributed by atoms with Gasteiger partial charge >= 0.3 is 0 Å². The molecule has 0 aliphatic heterocycles. The second kappa shape index (κ2) is 6.97. The van der Waals surface area contributed by atoms with Crippen LogP contribution in [0.25, 0.3) is 10.9 Å². The normalized spacial score (nSPS) is 10.8. The highest BCUT2D eigenvalue weighted by Crippen LogP contribution is 2.28. The molecule has 0 spiro atoms. The Hall–Kier alpha value is -2.46. The molecule has 0 aliphatic rings. The predicted octanol–water partition coefficient (Wildman–Crippen LogP) is 4.11. The Morgan fingerprint density at radius 1 is 1.21 bits per heavy atom. The van der Waals surface area contributed by atoms with Crippen LogP contribution in [0.4, 0.5) is 0 Å². The number of benzene rings is 2. The standard InChI is InChI=1S/C19H19ClN2O2/c1-12-3-8-16-15(11-12)17(20)18(22-16)19(23)21-10-9-13-4-6-14(24-2)7-5-13/h3-8,11,22H,9-10H2,1-2H3,(H,21,23). The summed E-state index contributed by atoms with van der Waals surface area (Å²) in [5.74, 6) is 0.630. The lowest BCUT2D eigenvalue weighted by atomic mass is 10.1. The van der Waals surface area contributed by atoms with Crippen LogP contribution in [-0.4, -0.2) is 24.5 Å². The second-order valence-electron chi connectivity index (χ2n) is 5.72. The number of halogens is 1. The van der Waals surface area contributed by atoms with Gasteiger partial charge in [-0.1, -0.05) is 35.4 Å². The number of hydrogen-bond acceptors (Lipinski definition) is 2. The molecule has 0 bridgehead atoms. The zero-order valence-corrected chi connectivity index (χ0v) is 14.4. The fourth-order valence-electron chi connectivity index (χ4n) is 2.63. The predicted molar refractivity (Wildman–Crippen MR) is 97.1 cm³/mol. The SMILES string of the molecule is COc1ccc(CCNC(=O)c2[nH]c3ccc(C)cc3c2Cl)cc1. The van der Waals surface area contributed by atoms with Crippen molar-refractivity contribution < 1.29 is 9.53 Å². The van der Waals surface area contributed by atoms with E-state index in [1.54, 1.807) is 7.11 Å². The van der Waals surface area contributed by atoms with Crippen molar-refractivity contribution in [2.45, 2.75) is 13.3 Å². The van der Waals surface area contributed by atoms with Crippen LogP contribution >= 0.6 is 11.6 Å². The first-order chi connectivity index (χ1) is 11.6. The third kappa shape index (κ3) is 3.39. The monoisotopic (exact) mass is 342 g/mol. The van der Waals surface area contributed by atoms with Gasteiger partial charge in [-0.3, -0.25) is 4.79 Å². The van der Waals surface area contributed by atoms with E-state index in [0.29, 0.717) is 17.3 Å². The molecule has 24 heavy (non-hydrogen) atoms. The van der Waals surface area contributed by atoms with Gasteiger partial charge < -0.3 is 15.0 Å². The van der Waals surface area contributed by atoms with E-state index in [4.69, 9.17) is 16.3 Å². The van der Waals surface area contributed by atoms with Crippen molar-refractivity contribution in [1.82, 2.24) is 10.3 Å². The fourth-order valence-corrected chi connectivity index (χ4v) is 2.92. The van der Waals surface area contributed by atoms with Crippen molar-refractivity contribution in [2.75, 3.05) is 13.7 Å². The van der Waals surface area contributed by atoms with Crippen molar-refractivity contribution in [3.8, 4) is 5.75 Å². The van der Waals surface area contributed by atoms with E-state index in [1.165, 1.54) is 0 Å². The Bertz CT molecular complexity index is 869. The first-order valence-electron chi connectivity index (χ1n) is 7.77. The molecule has 0 fully saturated rings. The smallest absolute Gasteiger partial charge is 0.269 e. The molecule has 0 saturated carbocycles. The molecule has 0 aliphatic carbocycles. The highest BCUT2D eigenvalue weighted by Gasteiger charge is 2.16. The summed E-state index contributed by atoms with van der Waals surface area (Å²) in [6.45, 7) is 2.53. The minimum absolute atomic E-state index is 0.192. The number of aryl methyl sites for hydroxylation is 1. The van der Waals surface area contributed by atoms with Crippen LogP contribution in [0.1, 0.15) is 21.6 Å².